The second-order valence-electron chi connectivity index (χ2n) is 3.03. The van der Waals surface area contributed by atoms with E-state index < -0.39 is 0 Å². The minimum Gasteiger partial charge on any atom is -0.355 e. The van der Waals surface area contributed by atoms with Gasteiger partial charge in [0.2, 0.25) is 0 Å². The topological polar surface area (TPSA) is 54.7 Å². The van der Waals surface area contributed by atoms with Crippen LogP contribution in [0.5, 0.6) is 0 Å². The van der Waals surface area contributed by atoms with Crippen molar-refractivity contribution >= 4 is 16.1 Å². The predicted molar refractivity (Wildman–Crippen MR) is 62.1 cm³/mol. The van der Waals surface area contributed by atoms with Crippen LogP contribution < -0.4 is 9.66 Å². The highest BCUT2D eigenvalue weighted by atomic mass is 79.9. The number of aromatic nitrogens is 1. The number of allylic oxidation sites excluding steroid dienone is 2. The van der Waals surface area contributed by atoms with Crippen LogP contribution in [0.2, 0.25) is 0 Å². The molecule has 0 aliphatic carbocycles. The lowest BCUT2D eigenvalue weighted by Crippen LogP contribution is -2.76. The van der Waals surface area contributed by atoms with E-state index in [1.165, 1.54) is 0 Å². The smallest absolute Gasteiger partial charge is 0.191 e. The first-order chi connectivity index (χ1) is 7.33. The molecule has 1 heterocycles. The molecule has 0 aliphatic rings. The van der Waals surface area contributed by atoms with E-state index in [1.807, 2.05) is 42.7 Å². The highest BCUT2D eigenvalue weighted by Gasteiger charge is 1.99. The third kappa shape index (κ3) is 5.51. The molecule has 82 valence electrons. The molecule has 1 aromatic heterocycles. The van der Waals surface area contributed by atoms with E-state index in [0.29, 0.717) is 0 Å². The van der Waals surface area contributed by atoms with Crippen molar-refractivity contribution in [1.29, 1.82) is 0 Å². The third-order valence-corrected chi connectivity index (χ3v) is 2.01. The molecule has 1 rings (SSSR count). The number of quaternary nitrogens is 1. The fourth-order valence-corrected chi connectivity index (χ4v) is 1.22. The maximum Gasteiger partial charge on any atom is 0.191 e. The van der Waals surface area contributed by atoms with Crippen LogP contribution in [-0.4, -0.2) is 11.7 Å². The molecule has 5 heteroatoms. The van der Waals surface area contributed by atoms with Crippen molar-refractivity contribution in [2.75, 3.05) is 6.54 Å². The van der Waals surface area contributed by atoms with E-state index in [9.17, 15) is 0 Å². The molecule has 0 aromatic carbocycles. The Hall–Kier alpha value is -0.910. The molecule has 3 N–H and O–H groups in total. The number of rotatable bonds is 6. The van der Waals surface area contributed by atoms with Gasteiger partial charge < -0.3 is 9.84 Å². The number of nitrogens with one attached hydrogen (secondary N) is 1. The van der Waals surface area contributed by atoms with Crippen molar-refractivity contribution in [3.05, 3.63) is 41.9 Å². The number of halogens is 1. The Morgan fingerprint density at radius 3 is 3.13 bits per heavy atom. The molecule has 0 saturated carbocycles. The van der Waals surface area contributed by atoms with Gasteiger partial charge in [-0.1, -0.05) is 17.3 Å². The number of nitrogens with zero attached hydrogens (tertiary/aromatic N) is 1. The molecule has 0 amide bonds. The largest absolute Gasteiger partial charge is 0.355 e. The molecule has 15 heavy (non-hydrogen) atoms. The molecular formula is C10H15BrN3O+. The van der Waals surface area contributed by atoms with E-state index in [-0.39, 0.29) is 0 Å². The summed E-state index contributed by atoms with van der Waals surface area (Å²) >= 11 is 3.11. The Morgan fingerprint density at radius 1 is 1.60 bits per heavy atom. The third-order valence-electron chi connectivity index (χ3n) is 1.69. The summed E-state index contributed by atoms with van der Waals surface area (Å²) in [6, 6.07) is 1.94. The van der Waals surface area contributed by atoms with Gasteiger partial charge in [0.25, 0.3) is 0 Å². The fraction of sp³-hybridized carbons (Fsp3) is 0.300. The number of aryl methyl sites for hydroxylation is 1. The lowest BCUT2D eigenvalue weighted by atomic mass is 10.4. The highest BCUT2D eigenvalue weighted by Crippen LogP contribution is 1.98. The van der Waals surface area contributed by atoms with Gasteiger partial charge in [0, 0.05) is 28.8 Å². The molecule has 0 fully saturated rings. The van der Waals surface area contributed by atoms with E-state index >= 15 is 0 Å². The van der Waals surface area contributed by atoms with Crippen LogP contribution >= 0.6 is 16.1 Å². The van der Waals surface area contributed by atoms with Crippen LogP contribution in [0.25, 0.3) is 0 Å². The van der Waals surface area contributed by atoms with E-state index in [0.717, 1.165) is 24.5 Å². The van der Waals surface area contributed by atoms with Gasteiger partial charge in [-0.2, -0.15) is 0 Å². The fourth-order valence-electron chi connectivity index (χ4n) is 1.03. The molecule has 0 unspecified atom stereocenters. The van der Waals surface area contributed by atoms with Crippen LogP contribution in [0.3, 0.4) is 0 Å². The number of hydrogen-bond acceptors (Lipinski definition) is 3. The monoisotopic (exact) mass is 272 g/mol. The van der Waals surface area contributed by atoms with Crippen LogP contribution in [0.15, 0.2) is 35.0 Å². The summed E-state index contributed by atoms with van der Waals surface area (Å²) in [6.07, 6.45) is 7.96. The van der Waals surface area contributed by atoms with E-state index in [1.54, 1.807) is 0 Å². The van der Waals surface area contributed by atoms with Crippen LogP contribution in [0.1, 0.15) is 11.5 Å². The van der Waals surface area contributed by atoms with Crippen molar-refractivity contribution in [2.24, 2.45) is 0 Å². The van der Waals surface area contributed by atoms with Crippen molar-refractivity contribution < 1.29 is 9.84 Å². The van der Waals surface area contributed by atoms with Crippen LogP contribution in [-0.2, 0) is 6.54 Å². The predicted octanol–water partition coefficient (Wildman–Crippen LogP) is 1.02. The molecule has 0 spiro atoms. The van der Waals surface area contributed by atoms with Crippen LogP contribution in [0, 0.1) is 6.92 Å². The van der Waals surface area contributed by atoms with Gasteiger partial charge in [0.1, 0.15) is 6.54 Å². The van der Waals surface area contributed by atoms with Crippen molar-refractivity contribution in [3.63, 3.8) is 0 Å². The molecule has 0 radical (unpaired) electrons. The summed E-state index contributed by atoms with van der Waals surface area (Å²) in [4.78, 5) is 0. The minimum atomic E-state index is 0.780. The summed E-state index contributed by atoms with van der Waals surface area (Å²) < 4.78 is 7.91. The van der Waals surface area contributed by atoms with Gasteiger partial charge in [-0.05, 0) is 13.0 Å². The van der Waals surface area contributed by atoms with Crippen molar-refractivity contribution in [1.82, 2.24) is 9.50 Å². The summed E-state index contributed by atoms with van der Waals surface area (Å²) in [5.74, 6) is 0.892. The minimum absolute atomic E-state index is 0.780. The summed E-state index contributed by atoms with van der Waals surface area (Å²) in [5, 5.41) is 5.84. The van der Waals surface area contributed by atoms with Gasteiger partial charge in [0.15, 0.2) is 5.76 Å². The Morgan fingerprint density at radius 2 is 2.47 bits per heavy atom. The summed E-state index contributed by atoms with van der Waals surface area (Å²) in [5.41, 5.74) is 0.922. The average molecular weight is 273 g/mol. The first kappa shape index (κ1) is 12.2. The lowest BCUT2D eigenvalue weighted by Gasteiger charge is -1.88. The Balaban J connectivity index is 2.16. The molecule has 4 nitrogen and oxygen atoms in total. The lowest BCUT2D eigenvalue weighted by molar-refractivity contribution is -0.606. The van der Waals surface area contributed by atoms with E-state index in [4.69, 9.17) is 4.52 Å². The van der Waals surface area contributed by atoms with Gasteiger partial charge >= 0.3 is 0 Å². The van der Waals surface area contributed by atoms with Crippen molar-refractivity contribution in [2.45, 2.75) is 13.5 Å². The maximum absolute atomic E-state index is 5.06. The first-order valence-electron chi connectivity index (χ1n) is 4.73. The average Bonchev–Trinajstić information content (AvgIpc) is 2.63. The second-order valence-corrected chi connectivity index (χ2v) is 3.59. The number of hydrogen-bond donors (Lipinski definition) is 2. The summed E-state index contributed by atoms with van der Waals surface area (Å²) in [7, 11) is 0. The SMILES string of the molecule is Cc1cc(C[NH2+]/C=C\C=C/CNBr)on1. The standard InChI is InChI=1S/C10H14BrN3O/c1-9-7-10(15-14-9)8-12-5-3-2-4-6-13-11/h2-5,7,12-13H,6,8H2,1H3/p+1/b4-2-,5-3-. The van der Waals surface area contributed by atoms with E-state index in [2.05, 4.69) is 25.6 Å². The molecule has 0 bridgehead atoms. The normalized spacial score (nSPS) is 11.9. The Kier molecular flexibility index (Phi) is 5.99. The molecule has 0 atom stereocenters. The Labute approximate surface area is 97.7 Å². The molecular weight excluding hydrogens is 258 g/mol. The van der Waals surface area contributed by atoms with Gasteiger partial charge in [-0.25, -0.2) is 0 Å². The van der Waals surface area contributed by atoms with Gasteiger partial charge in [-0.3, -0.25) is 4.34 Å². The molecule has 0 saturated heterocycles. The zero-order chi connectivity index (χ0) is 10.9. The van der Waals surface area contributed by atoms with Crippen molar-refractivity contribution in [3.8, 4) is 0 Å². The van der Waals surface area contributed by atoms with Gasteiger partial charge in [-0.15, -0.1) is 0 Å². The molecule has 1 aromatic rings. The first-order valence-corrected chi connectivity index (χ1v) is 5.53. The van der Waals surface area contributed by atoms with Gasteiger partial charge in [0.05, 0.1) is 11.9 Å². The quantitative estimate of drug-likeness (QED) is 0.601. The zero-order valence-electron chi connectivity index (χ0n) is 8.61. The second kappa shape index (κ2) is 7.39. The zero-order valence-corrected chi connectivity index (χ0v) is 10.2. The number of nitrogens with two attached hydrogens (primary N) is 1. The Bertz CT molecular complexity index is 333. The molecule has 0 aliphatic heterocycles. The highest BCUT2D eigenvalue weighted by molar-refractivity contribution is 9.08. The van der Waals surface area contributed by atoms with Crippen LogP contribution in [0.4, 0.5) is 0 Å². The maximum atomic E-state index is 5.06. The summed E-state index contributed by atoms with van der Waals surface area (Å²) in [6.45, 7) is 3.51.